The van der Waals surface area contributed by atoms with Gasteiger partial charge in [-0.05, 0) is 42.8 Å². The quantitative estimate of drug-likeness (QED) is 0.673. The standard InChI is InChI=1S/C21H24Cl2N2O3/c1-3-12-28-20-18(22)13-15(14-19(20)23)21(26)25-10-8-24(9-11-25)16-4-6-17(27-2)7-5-16/h4-7,13-14H,3,8-12H2,1-2H3. The van der Waals surface area contributed by atoms with E-state index in [2.05, 4.69) is 4.90 Å². The molecule has 2 aromatic carbocycles. The minimum atomic E-state index is -0.0692. The molecule has 7 heteroatoms. The van der Waals surface area contributed by atoms with Gasteiger partial charge in [0.25, 0.3) is 5.91 Å². The van der Waals surface area contributed by atoms with Gasteiger partial charge >= 0.3 is 0 Å². The maximum Gasteiger partial charge on any atom is 0.254 e. The van der Waals surface area contributed by atoms with Gasteiger partial charge in [-0.2, -0.15) is 0 Å². The van der Waals surface area contributed by atoms with Crippen LogP contribution in [0.3, 0.4) is 0 Å². The number of hydrogen-bond acceptors (Lipinski definition) is 4. The normalized spacial score (nSPS) is 14.1. The Hall–Kier alpha value is -2.11. The molecule has 0 saturated carbocycles. The van der Waals surface area contributed by atoms with Crippen LogP contribution in [0.25, 0.3) is 0 Å². The van der Waals surface area contributed by atoms with Crippen LogP contribution in [0.5, 0.6) is 11.5 Å². The predicted molar refractivity (Wildman–Crippen MR) is 113 cm³/mol. The molecule has 1 aliphatic rings. The Balaban J connectivity index is 1.64. The van der Waals surface area contributed by atoms with Crippen LogP contribution < -0.4 is 14.4 Å². The smallest absolute Gasteiger partial charge is 0.254 e. The lowest BCUT2D eigenvalue weighted by Gasteiger charge is -2.36. The number of piperazine rings is 1. The highest BCUT2D eigenvalue weighted by Crippen LogP contribution is 2.35. The Morgan fingerprint density at radius 1 is 1.04 bits per heavy atom. The van der Waals surface area contributed by atoms with Gasteiger partial charge in [-0.15, -0.1) is 0 Å². The lowest BCUT2D eigenvalue weighted by molar-refractivity contribution is 0.0746. The fourth-order valence-corrected chi connectivity index (χ4v) is 3.76. The number of rotatable bonds is 6. The molecule has 0 aliphatic carbocycles. The van der Waals surface area contributed by atoms with Gasteiger partial charge in [0.05, 0.1) is 23.8 Å². The molecule has 0 aromatic heterocycles. The highest BCUT2D eigenvalue weighted by atomic mass is 35.5. The summed E-state index contributed by atoms with van der Waals surface area (Å²) in [6, 6.07) is 11.2. The molecule has 1 amide bonds. The molecule has 3 rings (SSSR count). The van der Waals surface area contributed by atoms with Crippen LogP contribution >= 0.6 is 23.2 Å². The van der Waals surface area contributed by atoms with Crippen molar-refractivity contribution in [2.75, 3.05) is 44.8 Å². The average molecular weight is 423 g/mol. The van der Waals surface area contributed by atoms with Crippen LogP contribution in [0, 0.1) is 0 Å². The number of benzene rings is 2. The van der Waals surface area contributed by atoms with Crippen LogP contribution in [0.15, 0.2) is 36.4 Å². The molecule has 0 N–H and O–H groups in total. The van der Waals surface area contributed by atoms with E-state index in [1.807, 2.05) is 36.1 Å². The summed E-state index contributed by atoms with van der Waals surface area (Å²) >= 11 is 12.6. The summed E-state index contributed by atoms with van der Waals surface area (Å²) in [7, 11) is 1.65. The number of nitrogens with zero attached hydrogens (tertiary/aromatic N) is 2. The van der Waals surface area contributed by atoms with Crippen molar-refractivity contribution in [3.05, 3.63) is 52.0 Å². The lowest BCUT2D eigenvalue weighted by atomic mass is 10.1. The largest absolute Gasteiger partial charge is 0.497 e. The third kappa shape index (κ3) is 4.65. The molecule has 1 fully saturated rings. The first-order chi connectivity index (χ1) is 13.5. The number of methoxy groups -OCH3 is 1. The summed E-state index contributed by atoms with van der Waals surface area (Å²) in [5.41, 5.74) is 1.60. The first kappa shape index (κ1) is 20.6. The summed E-state index contributed by atoms with van der Waals surface area (Å²) in [6.07, 6.45) is 0.853. The van der Waals surface area contributed by atoms with Crippen LogP contribution in [-0.2, 0) is 0 Å². The molecule has 0 radical (unpaired) electrons. The van der Waals surface area contributed by atoms with Crippen LogP contribution in [0.2, 0.25) is 10.0 Å². The van der Waals surface area contributed by atoms with Crippen molar-refractivity contribution in [2.24, 2.45) is 0 Å². The van der Waals surface area contributed by atoms with Crippen molar-refractivity contribution in [3.8, 4) is 11.5 Å². The third-order valence-corrected chi connectivity index (χ3v) is 5.26. The van der Waals surface area contributed by atoms with E-state index in [9.17, 15) is 4.79 Å². The van der Waals surface area contributed by atoms with Gasteiger partial charge in [-0.25, -0.2) is 0 Å². The number of anilines is 1. The Morgan fingerprint density at radius 2 is 1.64 bits per heavy atom. The number of hydrogen-bond donors (Lipinski definition) is 0. The number of carbonyl (C=O) groups excluding carboxylic acids is 1. The highest BCUT2D eigenvalue weighted by molar-refractivity contribution is 6.37. The van der Waals surface area contributed by atoms with Crippen LogP contribution in [-0.4, -0.2) is 50.7 Å². The van der Waals surface area contributed by atoms with E-state index in [4.69, 9.17) is 32.7 Å². The topological polar surface area (TPSA) is 42.0 Å². The third-order valence-electron chi connectivity index (χ3n) is 4.70. The number of amides is 1. The molecule has 0 spiro atoms. The number of halogens is 2. The van der Waals surface area contributed by atoms with E-state index in [-0.39, 0.29) is 5.91 Å². The van der Waals surface area contributed by atoms with Gasteiger partial charge in [0, 0.05) is 37.4 Å². The zero-order valence-corrected chi connectivity index (χ0v) is 17.6. The van der Waals surface area contributed by atoms with Crippen molar-refractivity contribution in [1.82, 2.24) is 4.90 Å². The molecule has 0 atom stereocenters. The van der Waals surface area contributed by atoms with E-state index in [1.165, 1.54) is 0 Å². The molecule has 2 aromatic rings. The maximum atomic E-state index is 12.9. The Kier molecular flexibility index (Phi) is 6.92. The fourth-order valence-electron chi connectivity index (χ4n) is 3.17. The van der Waals surface area contributed by atoms with Crippen molar-refractivity contribution in [2.45, 2.75) is 13.3 Å². The van der Waals surface area contributed by atoms with Crippen molar-refractivity contribution < 1.29 is 14.3 Å². The number of ether oxygens (including phenoxy) is 2. The van der Waals surface area contributed by atoms with Crippen molar-refractivity contribution in [3.63, 3.8) is 0 Å². The van der Waals surface area contributed by atoms with Crippen LogP contribution in [0.1, 0.15) is 23.7 Å². The van der Waals surface area contributed by atoms with Gasteiger partial charge in [0.15, 0.2) is 5.75 Å². The second-order valence-electron chi connectivity index (χ2n) is 6.59. The second-order valence-corrected chi connectivity index (χ2v) is 7.41. The summed E-state index contributed by atoms with van der Waals surface area (Å²) in [5.74, 6) is 1.20. The van der Waals surface area contributed by atoms with E-state index in [0.29, 0.717) is 41.1 Å². The van der Waals surface area contributed by atoms with E-state index >= 15 is 0 Å². The molecule has 0 bridgehead atoms. The molecule has 1 aliphatic heterocycles. The molecule has 0 unspecified atom stereocenters. The van der Waals surface area contributed by atoms with Gasteiger partial charge in [0.2, 0.25) is 0 Å². The molecule has 1 heterocycles. The van der Waals surface area contributed by atoms with E-state index < -0.39 is 0 Å². The number of carbonyl (C=O) groups is 1. The first-order valence-electron chi connectivity index (χ1n) is 9.33. The zero-order valence-electron chi connectivity index (χ0n) is 16.1. The minimum absolute atomic E-state index is 0.0692. The molecule has 28 heavy (non-hydrogen) atoms. The van der Waals surface area contributed by atoms with Gasteiger partial charge in [-0.1, -0.05) is 30.1 Å². The SMILES string of the molecule is CCCOc1c(Cl)cc(C(=O)N2CCN(c3ccc(OC)cc3)CC2)cc1Cl. The Labute approximate surface area is 175 Å². The molecule has 150 valence electrons. The molecule has 5 nitrogen and oxygen atoms in total. The van der Waals surface area contributed by atoms with E-state index in [0.717, 1.165) is 30.9 Å². The highest BCUT2D eigenvalue weighted by Gasteiger charge is 2.24. The second kappa shape index (κ2) is 9.39. The summed E-state index contributed by atoms with van der Waals surface area (Å²) < 4.78 is 10.8. The molecular formula is C21H24Cl2N2O3. The predicted octanol–water partition coefficient (Wildman–Crippen LogP) is 4.75. The zero-order chi connectivity index (χ0) is 20.1. The molecular weight excluding hydrogens is 399 g/mol. The summed E-state index contributed by atoms with van der Waals surface area (Å²) in [4.78, 5) is 17.0. The maximum absolute atomic E-state index is 12.9. The monoisotopic (exact) mass is 422 g/mol. The minimum Gasteiger partial charge on any atom is -0.497 e. The summed E-state index contributed by atoms with van der Waals surface area (Å²) in [5, 5.41) is 0.724. The Morgan fingerprint density at radius 3 is 2.18 bits per heavy atom. The van der Waals surface area contributed by atoms with E-state index in [1.54, 1.807) is 19.2 Å². The van der Waals surface area contributed by atoms with Gasteiger partial charge < -0.3 is 19.3 Å². The first-order valence-corrected chi connectivity index (χ1v) is 10.1. The van der Waals surface area contributed by atoms with Crippen molar-refractivity contribution in [1.29, 1.82) is 0 Å². The van der Waals surface area contributed by atoms with Crippen molar-refractivity contribution >= 4 is 34.8 Å². The Bertz CT molecular complexity index is 796. The lowest BCUT2D eigenvalue weighted by Crippen LogP contribution is -2.48. The van der Waals surface area contributed by atoms with Gasteiger partial charge in [-0.3, -0.25) is 4.79 Å². The van der Waals surface area contributed by atoms with Crippen LogP contribution in [0.4, 0.5) is 5.69 Å². The summed E-state index contributed by atoms with van der Waals surface area (Å²) in [6.45, 7) is 5.32. The van der Waals surface area contributed by atoms with Gasteiger partial charge in [0.1, 0.15) is 5.75 Å². The fraction of sp³-hybridized carbons (Fsp3) is 0.381. The average Bonchev–Trinajstić information content (AvgIpc) is 2.73. The molecule has 1 saturated heterocycles.